The Morgan fingerprint density at radius 1 is 1.55 bits per heavy atom. The van der Waals surface area contributed by atoms with Gasteiger partial charge in [-0.1, -0.05) is 6.92 Å². The number of carbonyl (C=O) groups is 1. The first-order chi connectivity index (χ1) is 5.25. The van der Waals surface area contributed by atoms with Crippen LogP contribution in [0.15, 0.2) is 0 Å². The maximum absolute atomic E-state index is 10.7. The SMILES string of the molecule is CC[C@H](C(=O)O)N1CCCC1. The predicted octanol–water partition coefficient (Wildman–Crippen LogP) is 0.945. The van der Waals surface area contributed by atoms with E-state index in [2.05, 4.69) is 4.90 Å². The fourth-order valence-electron chi connectivity index (χ4n) is 1.64. The average Bonchev–Trinajstić information content (AvgIpc) is 2.40. The van der Waals surface area contributed by atoms with Crippen LogP contribution in [0.4, 0.5) is 0 Å². The van der Waals surface area contributed by atoms with Gasteiger partial charge in [-0.2, -0.15) is 0 Å². The van der Waals surface area contributed by atoms with E-state index >= 15 is 0 Å². The van der Waals surface area contributed by atoms with Crippen molar-refractivity contribution in [2.24, 2.45) is 0 Å². The molecule has 1 aliphatic heterocycles. The van der Waals surface area contributed by atoms with Gasteiger partial charge in [0.15, 0.2) is 0 Å². The highest BCUT2D eigenvalue weighted by Gasteiger charge is 2.25. The number of carboxylic acids is 1. The van der Waals surface area contributed by atoms with Gasteiger partial charge in [-0.25, -0.2) is 0 Å². The van der Waals surface area contributed by atoms with E-state index in [9.17, 15) is 4.79 Å². The summed E-state index contributed by atoms with van der Waals surface area (Å²) in [6, 6.07) is -0.238. The lowest BCUT2D eigenvalue weighted by atomic mass is 10.2. The summed E-state index contributed by atoms with van der Waals surface area (Å²) in [4.78, 5) is 12.7. The van der Waals surface area contributed by atoms with E-state index in [-0.39, 0.29) is 6.04 Å². The molecule has 3 heteroatoms. The topological polar surface area (TPSA) is 40.5 Å². The van der Waals surface area contributed by atoms with Crippen LogP contribution in [0.3, 0.4) is 0 Å². The normalized spacial score (nSPS) is 21.9. The standard InChI is InChI=1S/C8H15NO2/c1-2-7(8(10)11)9-5-3-4-6-9/h7H,2-6H2,1H3,(H,10,11)/t7-/m1/s1. The molecular formula is C8H15NO2. The van der Waals surface area contributed by atoms with Crippen molar-refractivity contribution in [2.75, 3.05) is 13.1 Å². The monoisotopic (exact) mass is 157 g/mol. The quantitative estimate of drug-likeness (QED) is 0.663. The lowest BCUT2D eigenvalue weighted by Gasteiger charge is -2.21. The van der Waals surface area contributed by atoms with Gasteiger partial charge < -0.3 is 5.11 Å². The minimum absolute atomic E-state index is 0.238. The highest BCUT2D eigenvalue weighted by atomic mass is 16.4. The van der Waals surface area contributed by atoms with E-state index in [1.807, 2.05) is 6.92 Å². The molecule has 0 bridgehead atoms. The van der Waals surface area contributed by atoms with Gasteiger partial charge in [0.2, 0.25) is 0 Å². The first-order valence-electron chi connectivity index (χ1n) is 4.22. The highest BCUT2D eigenvalue weighted by molar-refractivity contribution is 5.73. The molecule has 3 nitrogen and oxygen atoms in total. The molecule has 0 radical (unpaired) electrons. The van der Waals surface area contributed by atoms with Crippen LogP contribution in [0.25, 0.3) is 0 Å². The second-order valence-electron chi connectivity index (χ2n) is 3.01. The summed E-state index contributed by atoms with van der Waals surface area (Å²) >= 11 is 0. The number of carboxylic acid groups (broad SMARTS) is 1. The summed E-state index contributed by atoms with van der Waals surface area (Å²) in [6.07, 6.45) is 3.03. The maximum Gasteiger partial charge on any atom is 0.320 e. The molecule has 64 valence electrons. The first-order valence-corrected chi connectivity index (χ1v) is 4.22. The molecule has 1 aliphatic rings. The molecule has 0 spiro atoms. The van der Waals surface area contributed by atoms with E-state index in [1.165, 1.54) is 0 Å². The number of hydrogen-bond donors (Lipinski definition) is 1. The molecule has 0 saturated carbocycles. The third kappa shape index (κ3) is 1.93. The second kappa shape index (κ2) is 3.72. The molecule has 0 unspecified atom stereocenters. The molecule has 1 fully saturated rings. The Labute approximate surface area is 67.0 Å². The van der Waals surface area contributed by atoms with Crippen molar-refractivity contribution in [3.63, 3.8) is 0 Å². The molecule has 0 aromatic heterocycles. The molecule has 0 aliphatic carbocycles. The van der Waals surface area contributed by atoms with Crippen molar-refractivity contribution >= 4 is 5.97 Å². The van der Waals surface area contributed by atoms with E-state index < -0.39 is 5.97 Å². The summed E-state index contributed by atoms with van der Waals surface area (Å²) in [5.74, 6) is -0.672. The predicted molar refractivity (Wildman–Crippen MR) is 42.5 cm³/mol. The number of likely N-dealkylation sites (tertiary alicyclic amines) is 1. The van der Waals surface area contributed by atoms with Crippen molar-refractivity contribution in [1.82, 2.24) is 4.90 Å². The Hall–Kier alpha value is -0.570. The van der Waals surface area contributed by atoms with Gasteiger partial charge in [0.25, 0.3) is 0 Å². The zero-order valence-electron chi connectivity index (χ0n) is 6.92. The minimum atomic E-state index is -0.672. The Bertz CT molecular complexity index is 141. The summed E-state index contributed by atoms with van der Waals surface area (Å²) < 4.78 is 0. The van der Waals surface area contributed by atoms with Gasteiger partial charge in [0.1, 0.15) is 6.04 Å². The van der Waals surface area contributed by atoms with Gasteiger partial charge in [0.05, 0.1) is 0 Å². The van der Waals surface area contributed by atoms with E-state index in [4.69, 9.17) is 5.11 Å². The Balaban J connectivity index is 2.46. The van der Waals surface area contributed by atoms with Gasteiger partial charge >= 0.3 is 5.97 Å². The van der Waals surface area contributed by atoms with Crippen LogP contribution in [0.1, 0.15) is 26.2 Å². The average molecular weight is 157 g/mol. The van der Waals surface area contributed by atoms with Crippen molar-refractivity contribution in [3.8, 4) is 0 Å². The van der Waals surface area contributed by atoms with Crippen LogP contribution < -0.4 is 0 Å². The molecule has 1 heterocycles. The van der Waals surface area contributed by atoms with Crippen molar-refractivity contribution in [2.45, 2.75) is 32.2 Å². The summed E-state index contributed by atoms with van der Waals surface area (Å²) in [6.45, 7) is 3.85. The fraction of sp³-hybridized carbons (Fsp3) is 0.875. The van der Waals surface area contributed by atoms with Gasteiger partial charge in [-0.3, -0.25) is 9.69 Å². The Morgan fingerprint density at radius 3 is 2.45 bits per heavy atom. The maximum atomic E-state index is 10.7. The number of hydrogen-bond acceptors (Lipinski definition) is 2. The molecule has 0 amide bonds. The largest absolute Gasteiger partial charge is 0.480 e. The zero-order chi connectivity index (χ0) is 8.27. The molecular weight excluding hydrogens is 142 g/mol. The molecule has 0 aromatic rings. The third-order valence-corrected chi connectivity index (χ3v) is 2.25. The number of aliphatic carboxylic acids is 1. The Kier molecular flexibility index (Phi) is 2.88. The molecule has 0 aromatic carbocycles. The molecule has 1 rings (SSSR count). The van der Waals surface area contributed by atoms with Crippen LogP contribution in [0.2, 0.25) is 0 Å². The van der Waals surface area contributed by atoms with Crippen LogP contribution >= 0.6 is 0 Å². The van der Waals surface area contributed by atoms with E-state index in [1.54, 1.807) is 0 Å². The van der Waals surface area contributed by atoms with Gasteiger partial charge in [-0.05, 0) is 32.4 Å². The van der Waals surface area contributed by atoms with Crippen LogP contribution in [0, 0.1) is 0 Å². The highest BCUT2D eigenvalue weighted by Crippen LogP contribution is 2.13. The fourth-order valence-corrected chi connectivity index (χ4v) is 1.64. The summed E-state index contributed by atoms with van der Waals surface area (Å²) in [5.41, 5.74) is 0. The van der Waals surface area contributed by atoms with Crippen LogP contribution in [-0.4, -0.2) is 35.1 Å². The van der Waals surface area contributed by atoms with E-state index in [0.29, 0.717) is 0 Å². The first kappa shape index (κ1) is 8.53. The second-order valence-corrected chi connectivity index (χ2v) is 3.01. The van der Waals surface area contributed by atoms with Gasteiger partial charge in [-0.15, -0.1) is 0 Å². The third-order valence-electron chi connectivity index (χ3n) is 2.25. The van der Waals surface area contributed by atoms with Gasteiger partial charge in [0, 0.05) is 0 Å². The minimum Gasteiger partial charge on any atom is -0.480 e. The smallest absolute Gasteiger partial charge is 0.320 e. The van der Waals surface area contributed by atoms with Crippen LogP contribution in [-0.2, 0) is 4.79 Å². The zero-order valence-corrected chi connectivity index (χ0v) is 6.92. The number of nitrogens with zero attached hydrogens (tertiary/aromatic N) is 1. The lowest BCUT2D eigenvalue weighted by Crippen LogP contribution is -2.38. The summed E-state index contributed by atoms with van der Waals surface area (Å²) in [5, 5.41) is 8.79. The molecule has 11 heavy (non-hydrogen) atoms. The van der Waals surface area contributed by atoms with E-state index in [0.717, 1.165) is 32.4 Å². The van der Waals surface area contributed by atoms with Crippen molar-refractivity contribution in [1.29, 1.82) is 0 Å². The van der Waals surface area contributed by atoms with Crippen molar-refractivity contribution < 1.29 is 9.90 Å². The molecule has 1 atom stereocenters. The lowest BCUT2D eigenvalue weighted by molar-refractivity contribution is -0.143. The summed E-state index contributed by atoms with van der Waals surface area (Å²) in [7, 11) is 0. The molecule has 1 saturated heterocycles. The number of rotatable bonds is 3. The molecule has 1 N–H and O–H groups in total. The van der Waals surface area contributed by atoms with Crippen molar-refractivity contribution in [3.05, 3.63) is 0 Å². The Morgan fingerprint density at radius 2 is 2.09 bits per heavy atom. The van der Waals surface area contributed by atoms with Crippen LogP contribution in [0.5, 0.6) is 0 Å².